The van der Waals surface area contributed by atoms with E-state index >= 15 is 0 Å². The van der Waals surface area contributed by atoms with Crippen LogP contribution in [0.4, 0.5) is 0 Å². The van der Waals surface area contributed by atoms with Crippen LogP contribution in [0.5, 0.6) is 5.75 Å². The molecule has 0 N–H and O–H groups in total. The molecular weight excluding hydrogens is 256 g/mol. The zero-order chi connectivity index (χ0) is 13.0. The van der Waals surface area contributed by atoms with Gasteiger partial charge in [0.1, 0.15) is 5.75 Å². The monoisotopic (exact) mass is 265 g/mol. The van der Waals surface area contributed by atoms with Gasteiger partial charge in [-0.1, -0.05) is 11.8 Å². The summed E-state index contributed by atoms with van der Waals surface area (Å²) in [6.07, 6.45) is 0. The van der Waals surface area contributed by atoms with Crippen LogP contribution in [-0.2, 0) is 4.79 Å². The maximum atomic E-state index is 10.3. The molecule has 0 fully saturated rings. The van der Waals surface area contributed by atoms with Crippen molar-refractivity contribution in [2.24, 2.45) is 0 Å². The number of ether oxygens (including phenoxy) is 1. The summed E-state index contributed by atoms with van der Waals surface area (Å²) < 4.78 is 10.3. The van der Waals surface area contributed by atoms with Gasteiger partial charge in [-0.2, -0.15) is 0 Å². The van der Waals surface area contributed by atoms with Gasteiger partial charge < -0.3 is 19.1 Å². The molecule has 0 saturated carbocycles. The molecule has 0 aliphatic carbocycles. The van der Waals surface area contributed by atoms with Crippen LogP contribution in [0.15, 0.2) is 33.9 Å². The summed E-state index contributed by atoms with van der Waals surface area (Å²) in [6.45, 7) is 0. The fourth-order valence-corrected chi connectivity index (χ4v) is 1.72. The molecule has 1 aromatic carbocycles. The number of benzene rings is 1. The highest BCUT2D eigenvalue weighted by Crippen LogP contribution is 2.24. The van der Waals surface area contributed by atoms with Crippen LogP contribution in [0.25, 0.3) is 11.5 Å². The number of aliphatic carboxylic acids is 1. The Bertz CT molecular complexity index is 538. The highest BCUT2D eigenvalue weighted by atomic mass is 32.2. The Morgan fingerprint density at radius 2 is 2.11 bits per heavy atom. The number of hydrogen-bond donors (Lipinski definition) is 0. The number of carboxylic acid groups (broad SMARTS) is 1. The summed E-state index contributed by atoms with van der Waals surface area (Å²) in [5.41, 5.74) is 0.739. The summed E-state index contributed by atoms with van der Waals surface area (Å²) in [5.74, 6) is -0.336. The van der Waals surface area contributed by atoms with E-state index < -0.39 is 5.97 Å². The van der Waals surface area contributed by atoms with E-state index in [0.717, 1.165) is 23.1 Å². The van der Waals surface area contributed by atoms with Gasteiger partial charge in [-0.15, -0.1) is 10.2 Å². The van der Waals surface area contributed by atoms with E-state index in [2.05, 4.69) is 10.2 Å². The number of methoxy groups -OCH3 is 1. The predicted molar refractivity (Wildman–Crippen MR) is 62.0 cm³/mol. The van der Waals surface area contributed by atoms with Crippen molar-refractivity contribution in [3.63, 3.8) is 0 Å². The molecule has 0 bridgehead atoms. The Labute approximate surface area is 107 Å². The summed E-state index contributed by atoms with van der Waals surface area (Å²) in [6, 6.07) is 7.10. The van der Waals surface area contributed by atoms with E-state index in [1.807, 2.05) is 0 Å². The lowest BCUT2D eigenvalue weighted by atomic mass is 10.2. The van der Waals surface area contributed by atoms with Gasteiger partial charge in [-0.05, 0) is 24.3 Å². The molecule has 0 radical (unpaired) electrons. The third kappa shape index (κ3) is 3.01. The number of hydrogen-bond acceptors (Lipinski definition) is 7. The summed E-state index contributed by atoms with van der Waals surface area (Å²) >= 11 is 0.925. The lowest BCUT2D eigenvalue weighted by Crippen LogP contribution is -2.24. The minimum absolute atomic E-state index is 0.199. The normalized spacial score (nSPS) is 10.3. The van der Waals surface area contributed by atoms with Crippen LogP contribution in [0.2, 0.25) is 0 Å². The first-order chi connectivity index (χ1) is 8.69. The second-order valence-electron chi connectivity index (χ2n) is 3.26. The molecular formula is C11H9N2O4S-. The van der Waals surface area contributed by atoms with Crippen LogP contribution in [0.1, 0.15) is 0 Å². The van der Waals surface area contributed by atoms with Crippen LogP contribution >= 0.6 is 11.8 Å². The summed E-state index contributed by atoms with van der Waals surface area (Å²) in [5, 5.41) is 18.0. The van der Waals surface area contributed by atoms with Gasteiger partial charge in [-0.3, -0.25) is 0 Å². The minimum Gasteiger partial charge on any atom is -0.549 e. The quantitative estimate of drug-likeness (QED) is 0.731. The summed E-state index contributed by atoms with van der Waals surface area (Å²) in [4.78, 5) is 10.3. The molecule has 6 nitrogen and oxygen atoms in total. The SMILES string of the molecule is COc1ccc(-c2nnc(SCC(=O)[O-])o2)cc1. The Morgan fingerprint density at radius 1 is 1.39 bits per heavy atom. The number of carbonyl (C=O) groups excluding carboxylic acids is 1. The molecule has 0 saturated heterocycles. The number of nitrogens with zero attached hydrogens (tertiary/aromatic N) is 2. The van der Waals surface area contributed by atoms with Gasteiger partial charge in [0, 0.05) is 11.3 Å². The second kappa shape index (κ2) is 5.54. The first-order valence-corrected chi connectivity index (χ1v) is 5.98. The smallest absolute Gasteiger partial charge is 0.277 e. The van der Waals surface area contributed by atoms with Crippen LogP contribution in [0, 0.1) is 0 Å². The van der Waals surface area contributed by atoms with E-state index in [0.29, 0.717) is 5.89 Å². The lowest BCUT2D eigenvalue weighted by molar-refractivity contribution is -0.301. The standard InChI is InChI=1S/C11H10N2O4S/c1-16-8-4-2-7(3-5-8)10-12-13-11(17-10)18-6-9(14)15/h2-5H,6H2,1H3,(H,14,15)/p-1. The molecule has 0 aliphatic heterocycles. The molecule has 2 aromatic rings. The van der Waals surface area contributed by atoms with Crippen LogP contribution < -0.4 is 9.84 Å². The first kappa shape index (κ1) is 12.4. The van der Waals surface area contributed by atoms with Gasteiger partial charge in [0.15, 0.2) is 0 Å². The van der Waals surface area contributed by atoms with Crippen molar-refractivity contribution in [3.05, 3.63) is 24.3 Å². The topological polar surface area (TPSA) is 88.3 Å². The van der Waals surface area contributed by atoms with Crippen molar-refractivity contribution < 1.29 is 19.1 Å². The first-order valence-electron chi connectivity index (χ1n) is 4.99. The van der Waals surface area contributed by atoms with Crippen molar-refractivity contribution in [2.45, 2.75) is 5.22 Å². The molecule has 0 amide bonds. The predicted octanol–water partition coefficient (Wildman–Crippen LogP) is 0.587. The lowest BCUT2D eigenvalue weighted by Gasteiger charge is -1.99. The number of carbonyl (C=O) groups is 1. The van der Waals surface area contributed by atoms with Crippen molar-refractivity contribution in [1.29, 1.82) is 0 Å². The van der Waals surface area contributed by atoms with E-state index in [1.54, 1.807) is 31.4 Å². The number of rotatable bonds is 5. The molecule has 18 heavy (non-hydrogen) atoms. The number of carboxylic acids is 1. The van der Waals surface area contributed by atoms with Crippen LogP contribution in [-0.4, -0.2) is 29.0 Å². The van der Waals surface area contributed by atoms with Crippen molar-refractivity contribution in [3.8, 4) is 17.2 Å². The highest BCUT2D eigenvalue weighted by molar-refractivity contribution is 7.99. The van der Waals surface area contributed by atoms with Gasteiger partial charge in [-0.25, -0.2) is 0 Å². The van der Waals surface area contributed by atoms with E-state index in [1.165, 1.54) is 0 Å². The van der Waals surface area contributed by atoms with Gasteiger partial charge in [0.05, 0.1) is 13.1 Å². The zero-order valence-electron chi connectivity index (χ0n) is 9.45. The zero-order valence-corrected chi connectivity index (χ0v) is 10.3. The molecule has 1 aromatic heterocycles. The van der Waals surface area contributed by atoms with Crippen molar-refractivity contribution in [1.82, 2.24) is 10.2 Å². The summed E-state index contributed by atoms with van der Waals surface area (Å²) in [7, 11) is 1.58. The average molecular weight is 265 g/mol. The fraction of sp³-hybridized carbons (Fsp3) is 0.182. The van der Waals surface area contributed by atoms with Crippen molar-refractivity contribution >= 4 is 17.7 Å². The molecule has 2 rings (SSSR count). The third-order valence-electron chi connectivity index (χ3n) is 2.06. The maximum Gasteiger partial charge on any atom is 0.277 e. The largest absolute Gasteiger partial charge is 0.549 e. The Kier molecular flexibility index (Phi) is 3.83. The molecule has 1 heterocycles. The molecule has 0 atom stereocenters. The molecule has 94 valence electrons. The van der Waals surface area contributed by atoms with Gasteiger partial charge in [0.25, 0.3) is 5.22 Å². The number of aromatic nitrogens is 2. The second-order valence-corrected chi connectivity index (χ2v) is 4.19. The van der Waals surface area contributed by atoms with E-state index in [9.17, 15) is 9.90 Å². The van der Waals surface area contributed by atoms with E-state index in [-0.39, 0.29) is 11.0 Å². The highest BCUT2D eigenvalue weighted by Gasteiger charge is 2.08. The number of thioether (sulfide) groups is 1. The molecule has 0 aliphatic rings. The Balaban J connectivity index is 2.10. The molecule has 0 spiro atoms. The Hall–Kier alpha value is -2.02. The van der Waals surface area contributed by atoms with E-state index in [4.69, 9.17) is 9.15 Å². The maximum absolute atomic E-state index is 10.3. The fourth-order valence-electron chi connectivity index (χ4n) is 1.24. The molecule has 7 heteroatoms. The third-order valence-corrected chi connectivity index (χ3v) is 2.85. The molecule has 0 unspecified atom stereocenters. The van der Waals surface area contributed by atoms with Crippen molar-refractivity contribution in [2.75, 3.05) is 12.9 Å². The average Bonchev–Trinajstić information content (AvgIpc) is 2.85. The minimum atomic E-state index is -1.18. The van der Waals surface area contributed by atoms with Gasteiger partial charge >= 0.3 is 0 Å². The van der Waals surface area contributed by atoms with Crippen LogP contribution in [0.3, 0.4) is 0 Å². The van der Waals surface area contributed by atoms with Gasteiger partial charge in [0.2, 0.25) is 5.89 Å². The Morgan fingerprint density at radius 3 is 2.72 bits per heavy atom.